The van der Waals surface area contributed by atoms with Crippen molar-refractivity contribution in [1.29, 1.82) is 0 Å². The summed E-state index contributed by atoms with van der Waals surface area (Å²) in [4.78, 5) is 30.9. The molecule has 0 spiro atoms. The predicted molar refractivity (Wildman–Crippen MR) is 123 cm³/mol. The van der Waals surface area contributed by atoms with Crippen LogP contribution in [-0.2, 0) is 0 Å². The van der Waals surface area contributed by atoms with Crippen molar-refractivity contribution in [2.24, 2.45) is 0 Å². The SMILES string of the molecule is Cc1ccc([C@@H]2C[C@@H](c3ccccc3)n3ncnc3N2C(=O)c2ccccc2[N+](=O)[O-])cc1. The molecule has 8 nitrogen and oxygen atoms in total. The van der Waals surface area contributed by atoms with Crippen LogP contribution in [0, 0.1) is 17.0 Å². The van der Waals surface area contributed by atoms with Crippen molar-refractivity contribution in [2.75, 3.05) is 4.90 Å². The van der Waals surface area contributed by atoms with E-state index in [1.54, 1.807) is 21.7 Å². The first-order valence-electron chi connectivity index (χ1n) is 10.6. The van der Waals surface area contributed by atoms with Crippen molar-refractivity contribution in [3.8, 4) is 0 Å². The van der Waals surface area contributed by atoms with Crippen molar-refractivity contribution in [3.05, 3.63) is 118 Å². The fourth-order valence-electron chi connectivity index (χ4n) is 4.39. The molecule has 5 rings (SSSR count). The standard InChI is InChI=1S/C25H21N5O3/c1-17-11-13-19(14-12-17)22-15-23(18-7-3-2-4-8-18)29-25(26-16-27-29)28(22)24(31)20-9-5-6-10-21(20)30(32)33/h2-14,16,22-23H,15H2,1H3/t22-,23-/m0/s1. The Hall–Kier alpha value is -4.33. The molecule has 0 radical (unpaired) electrons. The van der Waals surface area contributed by atoms with Gasteiger partial charge < -0.3 is 0 Å². The first-order chi connectivity index (χ1) is 16.0. The molecule has 1 amide bonds. The summed E-state index contributed by atoms with van der Waals surface area (Å²) in [5.41, 5.74) is 2.88. The number of anilines is 1. The molecule has 0 saturated carbocycles. The minimum Gasteiger partial charge on any atom is -0.269 e. The summed E-state index contributed by atoms with van der Waals surface area (Å²) >= 11 is 0. The number of aryl methyl sites for hydroxylation is 1. The molecular formula is C25H21N5O3. The third-order valence-electron chi connectivity index (χ3n) is 6.02. The van der Waals surface area contributed by atoms with Gasteiger partial charge in [0.05, 0.1) is 17.0 Å². The van der Waals surface area contributed by atoms with Crippen molar-refractivity contribution in [2.45, 2.75) is 25.4 Å². The number of benzene rings is 3. The average Bonchev–Trinajstić information content (AvgIpc) is 3.33. The molecule has 0 fully saturated rings. The largest absolute Gasteiger partial charge is 0.282 e. The Labute approximate surface area is 190 Å². The smallest absolute Gasteiger partial charge is 0.269 e. The third-order valence-corrected chi connectivity index (χ3v) is 6.02. The zero-order valence-corrected chi connectivity index (χ0v) is 17.9. The highest BCUT2D eigenvalue weighted by atomic mass is 16.6. The van der Waals surface area contributed by atoms with Crippen LogP contribution < -0.4 is 4.90 Å². The molecule has 0 unspecified atom stereocenters. The highest BCUT2D eigenvalue weighted by molar-refractivity contribution is 6.08. The molecule has 1 aliphatic heterocycles. The summed E-state index contributed by atoms with van der Waals surface area (Å²) in [5.74, 6) is -0.113. The molecule has 164 valence electrons. The fourth-order valence-corrected chi connectivity index (χ4v) is 4.39. The second-order valence-corrected chi connectivity index (χ2v) is 8.04. The Morgan fingerprint density at radius 1 is 0.939 bits per heavy atom. The minimum atomic E-state index is -0.532. The lowest BCUT2D eigenvalue weighted by Gasteiger charge is -2.39. The van der Waals surface area contributed by atoms with E-state index < -0.39 is 10.8 Å². The highest BCUT2D eigenvalue weighted by Crippen LogP contribution is 2.43. The van der Waals surface area contributed by atoms with Gasteiger partial charge in [-0.15, -0.1) is 0 Å². The van der Waals surface area contributed by atoms with Gasteiger partial charge in [-0.2, -0.15) is 10.1 Å². The van der Waals surface area contributed by atoms with Gasteiger partial charge in [0.2, 0.25) is 5.95 Å². The molecule has 1 aliphatic rings. The molecule has 0 bridgehead atoms. The number of carbonyl (C=O) groups is 1. The third kappa shape index (κ3) is 3.65. The van der Waals surface area contributed by atoms with E-state index in [1.165, 1.54) is 18.5 Å². The monoisotopic (exact) mass is 439 g/mol. The predicted octanol–water partition coefficient (Wildman–Crippen LogP) is 4.88. The number of amides is 1. The molecule has 1 aromatic heterocycles. The van der Waals surface area contributed by atoms with Crippen LogP contribution >= 0.6 is 0 Å². The average molecular weight is 439 g/mol. The van der Waals surface area contributed by atoms with Crippen LogP contribution in [-0.4, -0.2) is 25.6 Å². The zero-order chi connectivity index (χ0) is 22.9. The van der Waals surface area contributed by atoms with Crippen LogP contribution in [0.25, 0.3) is 0 Å². The minimum absolute atomic E-state index is 0.0207. The van der Waals surface area contributed by atoms with E-state index in [4.69, 9.17) is 0 Å². The summed E-state index contributed by atoms with van der Waals surface area (Å²) < 4.78 is 1.73. The normalized spacial score (nSPS) is 17.4. The molecule has 0 N–H and O–H groups in total. The van der Waals surface area contributed by atoms with Gasteiger partial charge in [-0.3, -0.25) is 19.8 Å². The number of carbonyl (C=O) groups excluding carboxylic acids is 1. The summed E-state index contributed by atoms with van der Waals surface area (Å²) in [5, 5.41) is 16.1. The van der Waals surface area contributed by atoms with Crippen molar-refractivity contribution >= 4 is 17.5 Å². The van der Waals surface area contributed by atoms with Gasteiger partial charge in [0.15, 0.2) is 0 Å². The number of para-hydroxylation sites is 1. The van der Waals surface area contributed by atoms with Crippen LogP contribution in [0.5, 0.6) is 0 Å². The van der Waals surface area contributed by atoms with Crippen molar-refractivity contribution in [1.82, 2.24) is 14.8 Å². The van der Waals surface area contributed by atoms with Crippen LogP contribution in [0.2, 0.25) is 0 Å². The van der Waals surface area contributed by atoms with Crippen LogP contribution in [0.1, 0.15) is 45.6 Å². The Morgan fingerprint density at radius 2 is 1.61 bits per heavy atom. The first kappa shape index (κ1) is 20.6. The number of rotatable bonds is 4. The summed E-state index contributed by atoms with van der Waals surface area (Å²) in [6, 6.07) is 23.4. The highest BCUT2D eigenvalue weighted by Gasteiger charge is 2.41. The van der Waals surface area contributed by atoms with Crippen molar-refractivity contribution in [3.63, 3.8) is 0 Å². The lowest BCUT2D eigenvalue weighted by molar-refractivity contribution is -0.385. The van der Waals surface area contributed by atoms with Gasteiger partial charge in [-0.1, -0.05) is 72.3 Å². The molecule has 8 heteroatoms. The summed E-state index contributed by atoms with van der Waals surface area (Å²) in [6.07, 6.45) is 1.97. The molecule has 4 aromatic rings. The maximum atomic E-state index is 13.8. The number of aromatic nitrogens is 3. The summed E-state index contributed by atoms with van der Waals surface area (Å²) in [6.45, 7) is 2.00. The van der Waals surface area contributed by atoms with E-state index in [0.717, 1.165) is 16.7 Å². The van der Waals surface area contributed by atoms with E-state index in [2.05, 4.69) is 10.1 Å². The molecule has 2 atom stereocenters. The lowest BCUT2D eigenvalue weighted by atomic mass is 9.91. The number of nitro groups is 1. The number of hydrogen-bond donors (Lipinski definition) is 0. The molecular weight excluding hydrogens is 418 g/mol. The van der Waals surface area contributed by atoms with E-state index in [0.29, 0.717) is 12.4 Å². The Bertz CT molecular complexity index is 1320. The van der Waals surface area contributed by atoms with Gasteiger partial charge in [0, 0.05) is 6.07 Å². The van der Waals surface area contributed by atoms with E-state index in [9.17, 15) is 14.9 Å². The molecule has 2 heterocycles. The first-order valence-corrected chi connectivity index (χ1v) is 10.6. The maximum absolute atomic E-state index is 13.8. The van der Waals surface area contributed by atoms with Crippen molar-refractivity contribution < 1.29 is 9.72 Å². The van der Waals surface area contributed by atoms with Gasteiger partial charge in [-0.05, 0) is 30.5 Å². The van der Waals surface area contributed by atoms with Crippen LogP contribution in [0.15, 0.2) is 85.2 Å². The number of hydrogen-bond acceptors (Lipinski definition) is 5. The zero-order valence-electron chi connectivity index (χ0n) is 17.9. The number of nitrogens with zero attached hydrogens (tertiary/aromatic N) is 5. The van der Waals surface area contributed by atoms with Gasteiger partial charge >= 0.3 is 0 Å². The van der Waals surface area contributed by atoms with Gasteiger partial charge in [-0.25, -0.2) is 4.68 Å². The second-order valence-electron chi connectivity index (χ2n) is 8.04. The lowest BCUT2D eigenvalue weighted by Crippen LogP contribution is -2.42. The molecule has 33 heavy (non-hydrogen) atoms. The van der Waals surface area contributed by atoms with Gasteiger partial charge in [0.1, 0.15) is 11.9 Å². The molecule has 0 aliphatic carbocycles. The molecule has 3 aromatic carbocycles. The van der Waals surface area contributed by atoms with E-state index in [1.807, 2.05) is 61.5 Å². The Morgan fingerprint density at radius 3 is 2.33 bits per heavy atom. The quantitative estimate of drug-likeness (QED) is 0.334. The molecule has 0 saturated heterocycles. The van der Waals surface area contributed by atoms with E-state index in [-0.39, 0.29) is 23.3 Å². The fraction of sp³-hybridized carbons (Fsp3) is 0.160. The summed E-state index contributed by atoms with van der Waals surface area (Å²) in [7, 11) is 0. The van der Waals surface area contributed by atoms with Crippen LogP contribution in [0.4, 0.5) is 11.6 Å². The van der Waals surface area contributed by atoms with Crippen LogP contribution in [0.3, 0.4) is 0 Å². The Kier molecular flexibility index (Phi) is 5.18. The van der Waals surface area contributed by atoms with Gasteiger partial charge in [0.25, 0.3) is 11.6 Å². The number of fused-ring (bicyclic) bond motifs is 1. The maximum Gasteiger partial charge on any atom is 0.282 e. The Balaban J connectivity index is 1.67. The van der Waals surface area contributed by atoms with E-state index >= 15 is 0 Å². The second kappa shape index (κ2) is 8.31. The topological polar surface area (TPSA) is 94.2 Å². The number of nitro benzene ring substituents is 1.